The molecule has 0 bridgehead atoms. The van der Waals surface area contributed by atoms with Crippen molar-refractivity contribution >= 4 is 46.9 Å². The third kappa shape index (κ3) is 2.89. The van der Waals surface area contributed by atoms with Crippen molar-refractivity contribution in [2.45, 2.75) is 30.1 Å². The average molecular weight is 311 g/mol. The molecule has 2 fully saturated rings. The molecule has 1 saturated carbocycles. The minimum absolute atomic E-state index is 0.163. The number of hydrogen-bond donors (Lipinski definition) is 1. The van der Waals surface area contributed by atoms with Crippen molar-refractivity contribution < 1.29 is 9.59 Å². The van der Waals surface area contributed by atoms with Gasteiger partial charge in [-0.25, -0.2) is 4.79 Å². The van der Waals surface area contributed by atoms with E-state index in [2.05, 4.69) is 5.32 Å². The summed E-state index contributed by atoms with van der Waals surface area (Å²) in [6, 6.07) is -0.305. The molecule has 0 aromatic carbocycles. The van der Waals surface area contributed by atoms with E-state index in [9.17, 15) is 9.59 Å². The van der Waals surface area contributed by atoms with Crippen molar-refractivity contribution in [3.8, 4) is 0 Å². The van der Waals surface area contributed by atoms with Crippen LogP contribution in [-0.4, -0.2) is 44.8 Å². The van der Waals surface area contributed by atoms with Crippen molar-refractivity contribution in [3.05, 3.63) is 0 Å². The summed E-state index contributed by atoms with van der Waals surface area (Å²) in [4.78, 5) is 24.7. The van der Waals surface area contributed by atoms with E-state index in [-0.39, 0.29) is 11.9 Å². The number of rotatable bonds is 5. The van der Waals surface area contributed by atoms with E-state index in [1.165, 1.54) is 4.90 Å². The Kier molecular flexibility index (Phi) is 3.78. The zero-order chi connectivity index (χ0) is 13.6. The van der Waals surface area contributed by atoms with Crippen molar-refractivity contribution in [1.29, 1.82) is 0 Å². The Labute approximate surface area is 121 Å². The van der Waals surface area contributed by atoms with Gasteiger partial charge < -0.3 is 5.32 Å². The second-order valence-corrected chi connectivity index (χ2v) is 7.94. The highest BCUT2D eigenvalue weighted by Crippen LogP contribution is 2.54. The van der Waals surface area contributed by atoms with E-state index in [1.54, 1.807) is 25.6 Å². The highest BCUT2D eigenvalue weighted by Gasteiger charge is 2.51. The zero-order valence-corrected chi connectivity index (χ0v) is 12.7. The van der Waals surface area contributed by atoms with Crippen LogP contribution in [0.3, 0.4) is 0 Å². The molecule has 7 heteroatoms. The zero-order valence-electron chi connectivity index (χ0n) is 10.3. The summed E-state index contributed by atoms with van der Waals surface area (Å²) >= 11 is 13.5. The van der Waals surface area contributed by atoms with Gasteiger partial charge >= 0.3 is 6.03 Å². The third-order valence-electron chi connectivity index (χ3n) is 3.18. The highest BCUT2D eigenvalue weighted by atomic mass is 35.5. The van der Waals surface area contributed by atoms with Crippen molar-refractivity contribution in [1.82, 2.24) is 10.2 Å². The second-order valence-electron chi connectivity index (χ2n) is 5.25. The minimum atomic E-state index is -0.778. The van der Waals surface area contributed by atoms with Crippen LogP contribution in [0.15, 0.2) is 0 Å². The van der Waals surface area contributed by atoms with Gasteiger partial charge in [-0.3, -0.25) is 9.69 Å². The second kappa shape index (κ2) is 4.76. The monoisotopic (exact) mass is 310 g/mol. The van der Waals surface area contributed by atoms with E-state index in [1.807, 2.05) is 0 Å². The molecule has 1 atom stereocenters. The topological polar surface area (TPSA) is 49.4 Å². The molecule has 0 aromatic heterocycles. The van der Waals surface area contributed by atoms with Gasteiger partial charge in [0.25, 0.3) is 5.91 Å². The van der Waals surface area contributed by atoms with Gasteiger partial charge in [0.15, 0.2) is 0 Å². The van der Waals surface area contributed by atoms with E-state index in [0.29, 0.717) is 12.5 Å². The smallest absolute Gasteiger partial charge is 0.324 e. The molecule has 2 aliphatic rings. The van der Waals surface area contributed by atoms with Gasteiger partial charge in [-0.05, 0) is 26.0 Å². The molecule has 102 valence electrons. The normalized spacial score (nSPS) is 28.4. The number of amides is 3. The lowest BCUT2D eigenvalue weighted by molar-refractivity contribution is -0.130. The maximum absolute atomic E-state index is 11.9. The predicted octanol–water partition coefficient (Wildman–Crippen LogP) is 2.24. The van der Waals surface area contributed by atoms with Crippen molar-refractivity contribution in [2.24, 2.45) is 5.92 Å². The summed E-state index contributed by atoms with van der Waals surface area (Å²) in [5, 5.41) is 2.65. The fraction of sp³-hybridized carbons (Fsp3) is 0.818. The molecular formula is C11H16Cl2N2O2S. The lowest BCUT2D eigenvalue weighted by Gasteiger charge is -2.15. The fourth-order valence-corrected chi connectivity index (χ4v) is 3.73. The Morgan fingerprint density at radius 1 is 1.44 bits per heavy atom. The maximum Gasteiger partial charge on any atom is 0.325 e. The first-order valence-corrected chi connectivity index (χ1v) is 7.75. The molecule has 18 heavy (non-hydrogen) atoms. The molecule has 3 amide bonds. The molecule has 0 radical (unpaired) electrons. The summed E-state index contributed by atoms with van der Waals surface area (Å²) in [7, 11) is 0. The quantitative estimate of drug-likeness (QED) is 0.481. The number of alkyl halides is 2. The number of imide groups is 1. The van der Waals surface area contributed by atoms with Crippen LogP contribution in [0.2, 0.25) is 0 Å². The molecule has 1 heterocycles. The number of urea groups is 1. The lowest BCUT2D eigenvalue weighted by Crippen LogP contribution is -2.40. The van der Waals surface area contributed by atoms with Gasteiger partial charge in [-0.1, -0.05) is 0 Å². The highest BCUT2D eigenvalue weighted by molar-refractivity contribution is 7.99. The van der Waals surface area contributed by atoms with Crippen LogP contribution in [0, 0.1) is 5.92 Å². The molecule has 1 N–H and O–H groups in total. The van der Waals surface area contributed by atoms with E-state index in [4.69, 9.17) is 23.2 Å². The molecule has 0 spiro atoms. The standard InChI is InChI=1S/C11H16Cl2N2O2S/c1-10(2)8(16)15(9(17)14-10)3-4-18-6-7-5-11(7,12)13/h7H,3-6H2,1-2H3,(H,14,17)/t7-/m1/s1. The number of carbonyl (C=O) groups is 2. The first-order valence-electron chi connectivity index (χ1n) is 5.84. The fourth-order valence-electron chi connectivity index (χ4n) is 1.85. The molecule has 0 unspecified atom stereocenters. The molecular weight excluding hydrogens is 295 g/mol. The van der Waals surface area contributed by atoms with Crippen molar-refractivity contribution in [3.63, 3.8) is 0 Å². The lowest BCUT2D eigenvalue weighted by atomic mass is 10.1. The van der Waals surface area contributed by atoms with Gasteiger partial charge in [0, 0.05) is 18.2 Å². The van der Waals surface area contributed by atoms with Gasteiger partial charge in [0.05, 0.1) is 0 Å². The van der Waals surface area contributed by atoms with Crippen molar-refractivity contribution in [2.75, 3.05) is 18.1 Å². The first kappa shape index (κ1) is 14.3. The Hall–Kier alpha value is -0.130. The summed E-state index contributed by atoms with van der Waals surface area (Å²) in [5.41, 5.74) is -0.778. The van der Waals surface area contributed by atoms with Gasteiger partial charge in [0.1, 0.15) is 9.87 Å². The van der Waals surface area contributed by atoms with Crippen LogP contribution in [0.25, 0.3) is 0 Å². The van der Waals surface area contributed by atoms with Gasteiger partial charge in [0.2, 0.25) is 0 Å². The van der Waals surface area contributed by atoms with Crippen LogP contribution >= 0.6 is 35.0 Å². The van der Waals surface area contributed by atoms with Crippen LogP contribution in [0.5, 0.6) is 0 Å². The number of nitrogens with one attached hydrogen (secondary N) is 1. The Morgan fingerprint density at radius 3 is 2.50 bits per heavy atom. The summed E-state index contributed by atoms with van der Waals surface area (Å²) in [6.07, 6.45) is 0.833. The van der Waals surface area contributed by atoms with Crippen LogP contribution in [0.4, 0.5) is 4.79 Å². The van der Waals surface area contributed by atoms with Gasteiger partial charge in [-0.15, -0.1) is 23.2 Å². The van der Waals surface area contributed by atoms with Crippen LogP contribution in [0.1, 0.15) is 20.3 Å². The summed E-state index contributed by atoms with van der Waals surface area (Å²) in [5.74, 6) is 1.77. The number of halogens is 2. The number of hydrogen-bond acceptors (Lipinski definition) is 3. The molecule has 1 aliphatic heterocycles. The Balaban J connectivity index is 1.71. The van der Waals surface area contributed by atoms with Gasteiger partial charge in [-0.2, -0.15) is 11.8 Å². The third-order valence-corrected chi connectivity index (χ3v) is 5.21. The first-order chi connectivity index (χ1) is 8.24. The number of carbonyl (C=O) groups excluding carboxylic acids is 2. The number of nitrogens with zero attached hydrogens (tertiary/aromatic N) is 1. The molecule has 1 aliphatic carbocycles. The number of thioether (sulfide) groups is 1. The largest absolute Gasteiger partial charge is 0.325 e. The van der Waals surface area contributed by atoms with Crippen LogP contribution < -0.4 is 5.32 Å². The Bertz CT molecular complexity index is 387. The molecule has 0 aromatic rings. The predicted molar refractivity (Wildman–Crippen MR) is 74.2 cm³/mol. The Morgan fingerprint density at radius 2 is 2.06 bits per heavy atom. The summed E-state index contributed by atoms with van der Waals surface area (Å²) < 4.78 is -0.546. The molecule has 2 rings (SSSR count). The minimum Gasteiger partial charge on any atom is -0.324 e. The van der Waals surface area contributed by atoms with E-state index in [0.717, 1.165) is 17.9 Å². The van der Waals surface area contributed by atoms with E-state index < -0.39 is 9.87 Å². The SMILES string of the molecule is CC1(C)NC(=O)N(CCSC[C@H]2CC2(Cl)Cl)C1=O. The van der Waals surface area contributed by atoms with E-state index >= 15 is 0 Å². The average Bonchev–Trinajstić information content (AvgIpc) is 2.78. The summed E-state index contributed by atoms with van der Waals surface area (Å²) in [6.45, 7) is 3.85. The maximum atomic E-state index is 11.9. The van der Waals surface area contributed by atoms with Crippen LogP contribution in [-0.2, 0) is 4.79 Å². The molecule has 1 saturated heterocycles. The molecule has 4 nitrogen and oxygen atoms in total.